The normalized spacial score (nSPS) is 12.1. The van der Waals surface area contributed by atoms with Gasteiger partial charge in [-0.3, -0.25) is 4.79 Å². The molecule has 1 aromatic rings. The summed E-state index contributed by atoms with van der Waals surface area (Å²) in [6.45, 7) is -0.493. The monoisotopic (exact) mass is 307 g/mol. The summed E-state index contributed by atoms with van der Waals surface area (Å²) in [5.74, 6) is -0.726. The molecule has 1 rings (SSSR count). The lowest BCUT2D eigenvalue weighted by Crippen LogP contribution is -2.30. The maximum Gasteiger partial charge on any atom is 0.320 e. The summed E-state index contributed by atoms with van der Waals surface area (Å²) in [5.41, 5.74) is 0. The Balaban J connectivity index is 2.94. The van der Waals surface area contributed by atoms with Crippen LogP contribution in [0.25, 0.3) is 0 Å². The van der Waals surface area contributed by atoms with Gasteiger partial charge in [-0.05, 0) is 24.3 Å². The molecule has 19 heavy (non-hydrogen) atoms. The molecule has 0 aliphatic carbocycles. The Morgan fingerprint density at radius 2 is 1.58 bits per heavy atom. The lowest BCUT2D eigenvalue weighted by Gasteiger charge is -2.06. The number of sulfonamides is 1. The van der Waals surface area contributed by atoms with Crippen molar-refractivity contribution in [2.24, 2.45) is 0 Å². The Morgan fingerprint density at radius 3 is 2.00 bits per heavy atom. The van der Waals surface area contributed by atoms with E-state index in [1.165, 1.54) is 12.1 Å². The number of hydrogen-bond acceptors (Lipinski definition) is 6. The van der Waals surface area contributed by atoms with E-state index in [-0.39, 0.29) is 9.79 Å². The fourth-order valence-electron chi connectivity index (χ4n) is 1.18. The van der Waals surface area contributed by atoms with Gasteiger partial charge in [-0.2, -0.15) is 4.72 Å². The van der Waals surface area contributed by atoms with Crippen molar-refractivity contribution in [1.82, 2.24) is 4.72 Å². The van der Waals surface area contributed by atoms with E-state index in [0.717, 1.165) is 25.5 Å². The number of carbonyl (C=O) groups excluding carboxylic acids is 1. The van der Waals surface area contributed by atoms with E-state index in [0.29, 0.717) is 0 Å². The molecule has 0 bridgehead atoms. The summed E-state index contributed by atoms with van der Waals surface area (Å²) < 4.78 is 52.3. The van der Waals surface area contributed by atoms with Crippen molar-refractivity contribution in [3.8, 4) is 0 Å². The van der Waals surface area contributed by atoms with Crippen molar-refractivity contribution in [3.63, 3.8) is 0 Å². The summed E-state index contributed by atoms with van der Waals surface area (Å²) in [7, 11) is -6.12. The van der Waals surface area contributed by atoms with Crippen LogP contribution in [0.15, 0.2) is 34.1 Å². The van der Waals surface area contributed by atoms with Gasteiger partial charge in [0, 0.05) is 6.26 Å². The molecule has 0 spiro atoms. The fraction of sp³-hybridized carbons (Fsp3) is 0.300. The van der Waals surface area contributed by atoms with Crippen molar-refractivity contribution in [2.75, 3.05) is 19.9 Å². The first-order chi connectivity index (χ1) is 8.66. The number of rotatable bonds is 5. The van der Waals surface area contributed by atoms with Crippen molar-refractivity contribution >= 4 is 25.8 Å². The van der Waals surface area contributed by atoms with Gasteiger partial charge in [-0.25, -0.2) is 16.8 Å². The van der Waals surface area contributed by atoms with Crippen LogP contribution in [0, 0.1) is 0 Å². The fourth-order valence-corrected chi connectivity index (χ4v) is 2.77. The van der Waals surface area contributed by atoms with Gasteiger partial charge in [0.05, 0.1) is 16.9 Å². The third kappa shape index (κ3) is 4.30. The van der Waals surface area contributed by atoms with E-state index in [1.807, 2.05) is 4.72 Å². The smallest absolute Gasteiger partial charge is 0.320 e. The van der Waals surface area contributed by atoms with Crippen molar-refractivity contribution in [3.05, 3.63) is 24.3 Å². The minimum atomic E-state index is -3.87. The highest BCUT2D eigenvalue weighted by molar-refractivity contribution is 7.90. The zero-order valence-corrected chi connectivity index (χ0v) is 11.9. The van der Waals surface area contributed by atoms with Gasteiger partial charge in [0.1, 0.15) is 6.54 Å². The Kier molecular flexibility index (Phi) is 4.66. The minimum Gasteiger partial charge on any atom is -0.468 e. The minimum absolute atomic E-state index is 0.0133. The molecule has 0 radical (unpaired) electrons. The van der Waals surface area contributed by atoms with Gasteiger partial charge in [0.25, 0.3) is 0 Å². The Morgan fingerprint density at radius 1 is 1.11 bits per heavy atom. The molecule has 7 nitrogen and oxygen atoms in total. The Bertz CT molecular complexity index is 660. The predicted octanol–water partition coefficient (Wildman–Crippen LogP) is -0.459. The molecule has 1 aromatic carbocycles. The van der Waals surface area contributed by atoms with Crippen LogP contribution in [-0.4, -0.2) is 42.7 Å². The molecule has 0 aromatic heterocycles. The highest BCUT2D eigenvalue weighted by Gasteiger charge is 2.16. The van der Waals surface area contributed by atoms with E-state index in [4.69, 9.17) is 0 Å². The highest BCUT2D eigenvalue weighted by atomic mass is 32.2. The molecule has 0 aliphatic rings. The van der Waals surface area contributed by atoms with Crippen LogP contribution in [0.2, 0.25) is 0 Å². The van der Waals surface area contributed by atoms with Gasteiger partial charge in [0.15, 0.2) is 9.84 Å². The molecule has 0 fully saturated rings. The molecule has 0 saturated carbocycles. The van der Waals surface area contributed by atoms with E-state index in [9.17, 15) is 21.6 Å². The molecular formula is C10H13NO6S2. The SMILES string of the molecule is COC(=O)CNS(=O)(=O)c1ccc(S(C)(=O)=O)cc1. The Hall–Kier alpha value is -1.45. The molecule has 0 amide bonds. The van der Waals surface area contributed by atoms with E-state index >= 15 is 0 Å². The third-order valence-corrected chi connectivity index (χ3v) is 4.74. The largest absolute Gasteiger partial charge is 0.468 e. The lowest BCUT2D eigenvalue weighted by atomic mass is 10.4. The first-order valence-corrected chi connectivity index (χ1v) is 8.41. The van der Waals surface area contributed by atoms with Gasteiger partial charge in [0.2, 0.25) is 10.0 Å². The average Bonchev–Trinajstić information content (AvgIpc) is 2.35. The lowest BCUT2D eigenvalue weighted by molar-refractivity contribution is -0.139. The van der Waals surface area contributed by atoms with Crippen LogP contribution in [0.5, 0.6) is 0 Å². The molecule has 0 atom stereocenters. The summed E-state index contributed by atoms with van der Waals surface area (Å²) in [5, 5.41) is 0. The zero-order chi connectivity index (χ0) is 14.7. The molecule has 1 N–H and O–H groups in total. The van der Waals surface area contributed by atoms with E-state index in [2.05, 4.69) is 4.74 Å². The van der Waals surface area contributed by atoms with Gasteiger partial charge >= 0.3 is 5.97 Å². The molecule has 0 saturated heterocycles. The maximum atomic E-state index is 11.7. The first-order valence-electron chi connectivity index (χ1n) is 5.03. The summed E-state index contributed by atoms with van der Waals surface area (Å²) in [6.07, 6.45) is 1.02. The average molecular weight is 307 g/mol. The molecular weight excluding hydrogens is 294 g/mol. The first kappa shape index (κ1) is 15.6. The van der Waals surface area contributed by atoms with Crippen LogP contribution in [0.1, 0.15) is 0 Å². The number of carbonyl (C=O) groups is 1. The summed E-state index contributed by atoms with van der Waals surface area (Å²) in [4.78, 5) is 10.7. The second-order valence-electron chi connectivity index (χ2n) is 3.64. The number of sulfone groups is 1. The van der Waals surface area contributed by atoms with Crippen LogP contribution >= 0.6 is 0 Å². The number of nitrogens with one attached hydrogen (secondary N) is 1. The maximum absolute atomic E-state index is 11.7. The van der Waals surface area contributed by atoms with Crippen molar-refractivity contribution < 1.29 is 26.4 Å². The van der Waals surface area contributed by atoms with Crippen LogP contribution < -0.4 is 4.72 Å². The molecule has 106 valence electrons. The van der Waals surface area contributed by atoms with Crippen LogP contribution in [-0.2, 0) is 29.4 Å². The second kappa shape index (κ2) is 5.68. The second-order valence-corrected chi connectivity index (χ2v) is 7.43. The number of benzene rings is 1. The van der Waals surface area contributed by atoms with E-state index in [1.54, 1.807) is 0 Å². The predicted molar refractivity (Wildman–Crippen MR) is 66.8 cm³/mol. The standard InChI is InChI=1S/C10H13NO6S2/c1-17-10(12)7-11-19(15,16)9-5-3-8(4-6-9)18(2,13)14/h3-6,11H,7H2,1-2H3. The third-order valence-electron chi connectivity index (χ3n) is 2.20. The van der Waals surface area contributed by atoms with Gasteiger partial charge in [-0.15, -0.1) is 0 Å². The topological polar surface area (TPSA) is 107 Å². The summed E-state index contributed by atoms with van der Waals surface area (Å²) in [6, 6.07) is 4.66. The van der Waals surface area contributed by atoms with Gasteiger partial charge < -0.3 is 4.74 Å². The highest BCUT2D eigenvalue weighted by Crippen LogP contribution is 2.14. The number of methoxy groups -OCH3 is 1. The molecule has 9 heteroatoms. The Labute approximate surface area is 111 Å². The number of hydrogen-bond donors (Lipinski definition) is 1. The molecule has 0 aliphatic heterocycles. The van der Waals surface area contributed by atoms with Crippen molar-refractivity contribution in [2.45, 2.75) is 9.79 Å². The van der Waals surface area contributed by atoms with Gasteiger partial charge in [-0.1, -0.05) is 0 Å². The molecule has 0 heterocycles. The number of esters is 1. The molecule has 0 unspecified atom stereocenters. The van der Waals surface area contributed by atoms with Crippen molar-refractivity contribution in [1.29, 1.82) is 0 Å². The zero-order valence-electron chi connectivity index (χ0n) is 10.3. The quantitative estimate of drug-likeness (QED) is 0.738. The van der Waals surface area contributed by atoms with E-state index < -0.39 is 32.4 Å². The number of ether oxygens (including phenoxy) is 1. The van der Waals surface area contributed by atoms with Crippen LogP contribution in [0.4, 0.5) is 0 Å². The summed E-state index contributed by atoms with van der Waals surface area (Å²) >= 11 is 0. The van der Waals surface area contributed by atoms with Crippen LogP contribution in [0.3, 0.4) is 0 Å².